The van der Waals surface area contributed by atoms with Gasteiger partial charge in [0, 0.05) is 38.9 Å². The van der Waals surface area contributed by atoms with E-state index in [1.807, 2.05) is 12.1 Å². The number of aliphatic carboxylic acids is 1. The third-order valence-corrected chi connectivity index (χ3v) is 3.10. The molecule has 0 fully saturated rings. The van der Waals surface area contributed by atoms with Gasteiger partial charge in [0.15, 0.2) is 0 Å². The van der Waals surface area contributed by atoms with Gasteiger partial charge in [0.05, 0.1) is 31.9 Å². The number of amides is 1. The van der Waals surface area contributed by atoms with Crippen LogP contribution in [0.15, 0.2) is 12.1 Å². The van der Waals surface area contributed by atoms with E-state index in [0.29, 0.717) is 25.5 Å². The molecule has 0 saturated carbocycles. The van der Waals surface area contributed by atoms with Gasteiger partial charge in [0.25, 0.3) is 0 Å². The van der Waals surface area contributed by atoms with Crippen molar-refractivity contribution in [1.82, 2.24) is 0 Å². The fraction of sp³-hybridized carbons (Fsp3) is 0.500. The van der Waals surface area contributed by atoms with Crippen LogP contribution < -0.4 is 5.32 Å². The summed E-state index contributed by atoms with van der Waals surface area (Å²) in [6, 6.07) is 3.78. The van der Waals surface area contributed by atoms with Gasteiger partial charge >= 0.3 is 5.97 Å². The van der Waals surface area contributed by atoms with Gasteiger partial charge in [-0.15, -0.1) is 0 Å². The topological polar surface area (TPSA) is 94.1 Å². The lowest BCUT2D eigenvalue weighted by Crippen LogP contribution is -2.17. The molecule has 128 valence electrons. The molecule has 1 aromatic carbocycles. The van der Waals surface area contributed by atoms with Gasteiger partial charge in [-0.05, 0) is 17.7 Å². The summed E-state index contributed by atoms with van der Waals surface area (Å²) in [4.78, 5) is 22.5. The van der Waals surface area contributed by atoms with E-state index in [1.165, 1.54) is 0 Å². The summed E-state index contributed by atoms with van der Waals surface area (Å²) >= 11 is 0. The van der Waals surface area contributed by atoms with Crippen LogP contribution >= 0.6 is 0 Å². The van der Waals surface area contributed by atoms with Crippen LogP contribution in [0.25, 0.3) is 0 Å². The molecule has 1 amide bonds. The van der Waals surface area contributed by atoms with Crippen molar-refractivity contribution in [3.8, 4) is 0 Å². The Kier molecular flexibility index (Phi) is 8.25. The first-order chi connectivity index (χ1) is 11.0. The molecule has 0 saturated heterocycles. The average Bonchev–Trinajstić information content (AvgIpc) is 2.49. The minimum absolute atomic E-state index is 0.0893. The van der Waals surface area contributed by atoms with Crippen molar-refractivity contribution >= 4 is 17.6 Å². The molecule has 23 heavy (non-hydrogen) atoms. The third-order valence-electron chi connectivity index (χ3n) is 3.10. The predicted molar refractivity (Wildman–Crippen MR) is 84.1 cm³/mol. The summed E-state index contributed by atoms with van der Waals surface area (Å²) in [5.74, 6) is -1.37. The van der Waals surface area contributed by atoms with Crippen LogP contribution in [0.5, 0.6) is 0 Å². The van der Waals surface area contributed by atoms with Gasteiger partial charge in [0.2, 0.25) is 5.91 Å². The Hall–Kier alpha value is -1.96. The number of hydrogen-bond acceptors (Lipinski definition) is 5. The number of hydrogen-bond donors (Lipinski definition) is 2. The zero-order valence-corrected chi connectivity index (χ0v) is 13.7. The lowest BCUT2D eigenvalue weighted by molar-refractivity contribution is -0.138. The number of carboxylic acids is 1. The predicted octanol–water partition coefficient (Wildman–Crippen LogP) is 1.93. The number of anilines is 1. The Morgan fingerprint density at radius 3 is 1.91 bits per heavy atom. The second-order valence-corrected chi connectivity index (χ2v) is 5.03. The average molecular weight is 325 g/mol. The van der Waals surface area contributed by atoms with Crippen LogP contribution in [0.4, 0.5) is 5.69 Å². The maximum Gasteiger partial charge on any atom is 0.303 e. The van der Waals surface area contributed by atoms with E-state index < -0.39 is 5.97 Å². The SMILES string of the molecule is COCc1cc(COC)c(NC(=O)CCC(=O)O)c(COC)c1. The molecular weight excluding hydrogens is 302 g/mol. The lowest BCUT2D eigenvalue weighted by atomic mass is 10.0. The van der Waals surface area contributed by atoms with Crippen molar-refractivity contribution < 1.29 is 28.9 Å². The highest BCUT2D eigenvalue weighted by Gasteiger charge is 2.15. The molecule has 0 bridgehead atoms. The number of rotatable bonds is 10. The number of ether oxygens (including phenoxy) is 3. The highest BCUT2D eigenvalue weighted by Crippen LogP contribution is 2.26. The van der Waals surface area contributed by atoms with E-state index in [0.717, 1.165) is 16.7 Å². The quantitative estimate of drug-likeness (QED) is 0.682. The van der Waals surface area contributed by atoms with Crippen LogP contribution in [-0.4, -0.2) is 38.3 Å². The standard InChI is InChI=1S/C16H23NO6/c1-21-8-11-6-12(9-22-2)16(13(7-11)10-23-3)17-14(18)4-5-15(19)20/h6-7H,4-5,8-10H2,1-3H3,(H,17,18)(H,19,20). The molecular formula is C16H23NO6. The van der Waals surface area contributed by atoms with Crippen molar-refractivity contribution in [3.63, 3.8) is 0 Å². The Labute approximate surface area is 135 Å². The summed E-state index contributed by atoms with van der Waals surface area (Å²) in [7, 11) is 4.73. The minimum Gasteiger partial charge on any atom is -0.481 e. The van der Waals surface area contributed by atoms with E-state index >= 15 is 0 Å². The van der Waals surface area contributed by atoms with Crippen molar-refractivity contribution in [1.29, 1.82) is 0 Å². The van der Waals surface area contributed by atoms with Crippen molar-refractivity contribution in [2.75, 3.05) is 26.6 Å². The first kappa shape index (κ1) is 19.1. The maximum atomic E-state index is 12.0. The fourth-order valence-corrected chi connectivity index (χ4v) is 2.21. The molecule has 2 N–H and O–H groups in total. The molecule has 0 aliphatic heterocycles. The summed E-state index contributed by atoms with van der Waals surface area (Å²) < 4.78 is 15.5. The molecule has 0 unspecified atom stereocenters. The van der Waals surface area contributed by atoms with Gasteiger partial charge in [-0.1, -0.05) is 0 Å². The first-order valence-corrected chi connectivity index (χ1v) is 7.15. The molecule has 1 aromatic rings. The molecule has 0 atom stereocenters. The number of carbonyl (C=O) groups is 2. The maximum absolute atomic E-state index is 12.0. The van der Waals surface area contributed by atoms with Crippen molar-refractivity contribution in [2.45, 2.75) is 32.7 Å². The highest BCUT2D eigenvalue weighted by atomic mass is 16.5. The summed E-state index contributed by atoms with van der Waals surface area (Å²) in [6.07, 6.45) is -0.305. The van der Waals surface area contributed by atoms with Crippen LogP contribution in [0.2, 0.25) is 0 Å². The van der Waals surface area contributed by atoms with Gasteiger partial charge in [-0.2, -0.15) is 0 Å². The Balaban J connectivity index is 3.08. The summed E-state index contributed by atoms with van der Waals surface area (Å²) in [5, 5.41) is 11.4. The zero-order chi connectivity index (χ0) is 17.2. The van der Waals surface area contributed by atoms with Crippen molar-refractivity contribution in [3.05, 3.63) is 28.8 Å². The molecule has 0 aliphatic rings. The molecule has 0 radical (unpaired) electrons. The lowest BCUT2D eigenvalue weighted by Gasteiger charge is -2.17. The zero-order valence-electron chi connectivity index (χ0n) is 13.7. The summed E-state index contributed by atoms with van der Waals surface area (Å²) in [5.41, 5.74) is 3.12. The van der Waals surface area contributed by atoms with Crippen molar-refractivity contribution in [2.24, 2.45) is 0 Å². The molecule has 7 nitrogen and oxygen atoms in total. The van der Waals surface area contributed by atoms with Gasteiger partial charge in [-0.3, -0.25) is 9.59 Å². The van der Waals surface area contributed by atoms with E-state index in [4.69, 9.17) is 19.3 Å². The molecule has 0 aliphatic carbocycles. The fourth-order valence-electron chi connectivity index (χ4n) is 2.21. The number of benzene rings is 1. The van der Waals surface area contributed by atoms with E-state index in [2.05, 4.69) is 5.32 Å². The van der Waals surface area contributed by atoms with E-state index in [-0.39, 0.29) is 18.7 Å². The number of carbonyl (C=O) groups excluding carboxylic acids is 1. The number of nitrogens with one attached hydrogen (secondary N) is 1. The number of methoxy groups -OCH3 is 3. The monoisotopic (exact) mass is 325 g/mol. The van der Waals surface area contributed by atoms with Crippen LogP contribution in [0.3, 0.4) is 0 Å². The van der Waals surface area contributed by atoms with Crippen LogP contribution in [-0.2, 0) is 43.6 Å². The summed E-state index contributed by atoms with van der Waals surface area (Å²) in [6.45, 7) is 1.05. The van der Waals surface area contributed by atoms with Gasteiger partial charge in [-0.25, -0.2) is 0 Å². The smallest absolute Gasteiger partial charge is 0.303 e. The second-order valence-electron chi connectivity index (χ2n) is 5.03. The molecule has 0 heterocycles. The highest BCUT2D eigenvalue weighted by molar-refractivity contribution is 5.94. The molecule has 0 aromatic heterocycles. The Bertz CT molecular complexity index is 516. The molecule has 7 heteroatoms. The minimum atomic E-state index is -1.01. The third kappa shape index (κ3) is 6.35. The molecule has 0 spiro atoms. The van der Waals surface area contributed by atoms with Gasteiger partial charge < -0.3 is 24.6 Å². The Morgan fingerprint density at radius 1 is 0.957 bits per heavy atom. The van der Waals surface area contributed by atoms with Crippen LogP contribution in [0, 0.1) is 0 Å². The number of carboxylic acid groups (broad SMARTS) is 1. The Morgan fingerprint density at radius 2 is 1.48 bits per heavy atom. The van der Waals surface area contributed by atoms with E-state index in [1.54, 1.807) is 21.3 Å². The molecule has 1 rings (SSSR count). The second kappa shape index (κ2) is 9.94. The van der Waals surface area contributed by atoms with Gasteiger partial charge in [0.1, 0.15) is 0 Å². The first-order valence-electron chi connectivity index (χ1n) is 7.15. The van der Waals surface area contributed by atoms with Crippen LogP contribution in [0.1, 0.15) is 29.5 Å². The normalized spacial score (nSPS) is 10.6. The van der Waals surface area contributed by atoms with E-state index in [9.17, 15) is 9.59 Å². The largest absolute Gasteiger partial charge is 0.481 e.